The number of aryl methyl sites for hydroxylation is 1. The Bertz CT molecular complexity index is 545. The fourth-order valence-electron chi connectivity index (χ4n) is 2.69. The van der Waals surface area contributed by atoms with Crippen LogP contribution in [0.5, 0.6) is 0 Å². The highest BCUT2D eigenvalue weighted by Crippen LogP contribution is 2.19. The summed E-state index contributed by atoms with van der Waals surface area (Å²) in [5, 5.41) is 7.85. The van der Waals surface area contributed by atoms with E-state index in [1.807, 2.05) is 20.1 Å². The van der Waals surface area contributed by atoms with E-state index in [9.17, 15) is 0 Å². The maximum Gasteiger partial charge on any atom is 0.187 e. The minimum absolute atomic E-state index is 0.298. The van der Waals surface area contributed by atoms with Gasteiger partial charge in [-0.1, -0.05) is 0 Å². The van der Waals surface area contributed by atoms with Crippen molar-refractivity contribution in [1.82, 2.24) is 15.3 Å². The predicted molar refractivity (Wildman–Crippen MR) is 94.5 cm³/mol. The molecule has 0 radical (unpaired) electrons. The summed E-state index contributed by atoms with van der Waals surface area (Å²) in [5.74, 6) is 0. The van der Waals surface area contributed by atoms with Crippen molar-refractivity contribution in [3.8, 4) is 0 Å². The Balaban J connectivity index is 1.98. The molecule has 1 atom stereocenters. The van der Waals surface area contributed by atoms with Crippen molar-refractivity contribution < 1.29 is 4.74 Å². The van der Waals surface area contributed by atoms with Gasteiger partial charge in [0.1, 0.15) is 0 Å². The van der Waals surface area contributed by atoms with Crippen LogP contribution >= 0.6 is 12.2 Å². The Morgan fingerprint density at radius 3 is 2.95 bits per heavy atom. The highest BCUT2D eigenvalue weighted by molar-refractivity contribution is 7.80. The van der Waals surface area contributed by atoms with E-state index in [0.29, 0.717) is 17.3 Å². The monoisotopic (exact) mass is 322 g/mol. The molecule has 2 heterocycles. The maximum atomic E-state index is 5.73. The number of thiocarbonyl (C=S) groups is 1. The van der Waals surface area contributed by atoms with Gasteiger partial charge in [-0.15, -0.1) is 0 Å². The summed E-state index contributed by atoms with van der Waals surface area (Å²) in [7, 11) is 0. The molecule has 2 rings (SSSR count). The summed E-state index contributed by atoms with van der Waals surface area (Å²) >= 11 is 5.15. The van der Waals surface area contributed by atoms with Gasteiger partial charge in [-0.25, -0.2) is 0 Å². The molecule has 0 amide bonds. The molecule has 0 aromatic carbocycles. The zero-order valence-corrected chi connectivity index (χ0v) is 14.7. The van der Waals surface area contributed by atoms with Crippen LogP contribution in [0, 0.1) is 13.8 Å². The molecule has 0 bridgehead atoms. The molecule has 1 fully saturated rings. The van der Waals surface area contributed by atoms with E-state index in [1.165, 1.54) is 17.8 Å². The van der Waals surface area contributed by atoms with Crippen molar-refractivity contribution in [2.75, 3.05) is 6.61 Å². The molecular formula is C16H26N4OS. The Morgan fingerprint density at radius 2 is 2.32 bits per heavy atom. The lowest BCUT2D eigenvalue weighted by molar-refractivity contribution is 0.0962. The molecule has 1 aromatic rings. The summed E-state index contributed by atoms with van der Waals surface area (Å²) in [6.45, 7) is 10.1. The Morgan fingerprint density at radius 1 is 1.55 bits per heavy atom. The zero-order chi connectivity index (χ0) is 16.1. The van der Waals surface area contributed by atoms with Gasteiger partial charge in [-0.05, 0) is 58.8 Å². The maximum absolute atomic E-state index is 5.73. The van der Waals surface area contributed by atoms with Gasteiger partial charge in [0.15, 0.2) is 5.11 Å². The van der Waals surface area contributed by atoms with E-state index in [0.717, 1.165) is 25.1 Å². The van der Waals surface area contributed by atoms with Gasteiger partial charge in [0, 0.05) is 36.1 Å². The van der Waals surface area contributed by atoms with Crippen molar-refractivity contribution in [1.29, 1.82) is 0 Å². The van der Waals surface area contributed by atoms with E-state index in [4.69, 9.17) is 17.0 Å². The number of nitrogens with one attached hydrogen (secondary N) is 2. The molecule has 122 valence electrons. The molecule has 0 saturated carbocycles. The molecule has 0 spiro atoms. The second-order valence-corrected chi connectivity index (χ2v) is 6.48. The minimum atomic E-state index is 0.298. The second-order valence-electron chi connectivity index (χ2n) is 6.07. The van der Waals surface area contributed by atoms with Gasteiger partial charge < -0.3 is 14.6 Å². The molecular weight excluding hydrogens is 296 g/mol. The highest BCUT2D eigenvalue weighted by atomic mass is 32.1. The average molecular weight is 322 g/mol. The fourth-order valence-corrected chi connectivity index (χ4v) is 2.97. The summed E-state index contributed by atoms with van der Waals surface area (Å²) in [5.41, 5.74) is 6.40. The summed E-state index contributed by atoms with van der Waals surface area (Å²) < 4.78 is 8.04. The van der Waals surface area contributed by atoms with Crippen LogP contribution in [0.2, 0.25) is 0 Å². The van der Waals surface area contributed by atoms with Crippen molar-refractivity contribution >= 4 is 23.5 Å². The minimum Gasteiger partial charge on any atom is -0.376 e. The molecule has 0 aliphatic carbocycles. The van der Waals surface area contributed by atoms with Gasteiger partial charge in [0.2, 0.25) is 0 Å². The second kappa shape index (κ2) is 7.74. The molecule has 0 unspecified atom stereocenters. The lowest BCUT2D eigenvalue weighted by Gasteiger charge is -2.14. The Hall–Kier alpha value is -1.40. The van der Waals surface area contributed by atoms with Crippen LogP contribution in [0.4, 0.5) is 0 Å². The van der Waals surface area contributed by atoms with E-state index in [1.54, 1.807) is 0 Å². The van der Waals surface area contributed by atoms with E-state index >= 15 is 0 Å². The largest absolute Gasteiger partial charge is 0.376 e. The number of aromatic nitrogens is 1. The molecule has 1 saturated heterocycles. The first kappa shape index (κ1) is 17.0. The molecule has 5 nitrogen and oxygen atoms in total. The number of nitrogens with zero attached hydrogens (tertiary/aromatic N) is 2. The van der Waals surface area contributed by atoms with Gasteiger partial charge in [-0.2, -0.15) is 5.10 Å². The standard InChI is InChI=1S/C16H26N4OS/c1-11(2)18-16(22)19-17-9-14-8-12(3)20(13(14)4)10-15-6-5-7-21-15/h8-9,11,15H,5-7,10H2,1-4H3,(H2,18,19,22)/b17-9-/t15-/m1/s1. The predicted octanol–water partition coefficient (Wildman–Crippen LogP) is 2.49. The van der Waals surface area contributed by atoms with Crippen LogP contribution in [0.15, 0.2) is 11.2 Å². The van der Waals surface area contributed by atoms with E-state index in [2.05, 4.69) is 40.3 Å². The Labute approximate surface area is 138 Å². The fraction of sp³-hybridized carbons (Fsp3) is 0.625. The molecule has 1 aliphatic heterocycles. The Kier molecular flexibility index (Phi) is 5.97. The van der Waals surface area contributed by atoms with Crippen LogP contribution in [-0.2, 0) is 11.3 Å². The number of rotatable bonds is 5. The van der Waals surface area contributed by atoms with E-state index < -0.39 is 0 Å². The van der Waals surface area contributed by atoms with Crippen LogP contribution in [0.1, 0.15) is 43.6 Å². The van der Waals surface area contributed by atoms with Gasteiger partial charge in [0.05, 0.1) is 12.3 Å². The third kappa shape index (κ3) is 4.55. The van der Waals surface area contributed by atoms with Crippen molar-refractivity contribution in [2.45, 2.75) is 59.2 Å². The molecule has 2 N–H and O–H groups in total. The van der Waals surface area contributed by atoms with Gasteiger partial charge in [-0.3, -0.25) is 5.43 Å². The number of hydrogen-bond donors (Lipinski definition) is 2. The molecule has 1 aliphatic rings. The first-order chi connectivity index (χ1) is 10.5. The zero-order valence-electron chi connectivity index (χ0n) is 13.8. The molecule has 22 heavy (non-hydrogen) atoms. The molecule has 6 heteroatoms. The normalized spacial score (nSPS) is 18.3. The molecule has 1 aromatic heterocycles. The van der Waals surface area contributed by atoms with Crippen LogP contribution in [0.3, 0.4) is 0 Å². The smallest absolute Gasteiger partial charge is 0.187 e. The van der Waals surface area contributed by atoms with Crippen molar-refractivity contribution in [3.63, 3.8) is 0 Å². The third-order valence-electron chi connectivity index (χ3n) is 3.81. The first-order valence-corrected chi connectivity index (χ1v) is 8.26. The first-order valence-electron chi connectivity index (χ1n) is 7.85. The van der Waals surface area contributed by atoms with Crippen molar-refractivity contribution in [2.24, 2.45) is 5.10 Å². The average Bonchev–Trinajstić information content (AvgIpc) is 3.02. The lowest BCUT2D eigenvalue weighted by Crippen LogP contribution is -2.36. The summed E-state index contributed by atoms with van der Waals surface area (Å²) in [6.07, 6.45) is 4.48. The third-order valence-corrected chi connectivity index (χ3v) is 4.02. The topological polar surface area (TPSA) is 50.6 Å². The van der Waals surface area contributed by atoms with Gasteiger partial charge in [0.25, 0.3) is 0 Å². The summed E-state index contributed by atoms with van der Waals surface area (Å²) in [6, 6.07) is 2.45. The number of hydrazone groups is 1. The lowest BCUT2D eigenvalue weighted by atomic mass is 10.2. The number of hydrogen-bond acceptors (Lipinski definition) is 3. The quantitative estimate of drug-likeness (QED) is 0.497. The van der Waals surface area contributed by atoms with E-state index in [-0.39, 0.29) is 0 Å². The number of ether oxygens (including phenoxy) is 1. The van der Waals surface area contributed by atoms with Crippen LogP contribution in [-0.4, -0.2) is 34.6 Å². The summed E-state index contributed by atoms with van der Waals surface area (Å²) in [4.78, 5) is 0. The van der Waals surface area contributed by atoms with Crippen molar-refractivity contribution in [3.05, 3.63) is 23.0 Å². The highest BCUT2D eigenvalue weighted by Gasteiger charge is 2.18. The van der Waals surface area contributed by atoms with Crippen LogP contribution in [0.25, 0.3) is 0 Å². The van der Waals surface area contributed by atoms with Gasteiger partial charge >= 0.3 is 0 Å². The SMILES string of the molecule is Cc1cc(/C=N\NC(=S)NC(C)C)c(C)n1C[C@H]1CCCO1. The van der Waals surface area contributed by atoms with Crippen LogP contribution < -0.4 is 10.7 Å².